The smallest absolute Gasteiger partial charge is 0.294 e. The summed E-state index contributed by atoms with van der Waals surface area (Å²) in [4.78, 5) is 33.1. The zero-order chi connectivity index (χ0) is 23.4. The molecule has 9 nitrogen and oxygen atoms in total. The number of nitrogens with one attached hydrogen (secondary N) is 3. The van der Waals surface area contributed by atoms with Crippen LogP contribution >= 0.6 is 11.6 Å². The normalized spacial score (nSPS) is 11.5. The SMILES string of the molecule is O=C(Cn1c(Cl)cnc(NCC(F)(F)c2ccccc2)c1=O)NCc1cc2cn[nH]c2cn1. The highest BCUT2D eigenvalue weighted by atomic mass is 35.5. The lowest BCUT2D eigenvalue weighted by Crippen LogP contribution is -2.35. The largest absolute Gasteiger partial charge is 0.359 e. The van der Waals surface area contributed by atoms with E-state index in [0.717, 1.165) is 21.7 Å². The van der Waals surface area contributed by atoms with E-state index in [9.17, 15) is 18.4 Å². The Labute approximate surface area is 190 Å². The van der Waals surface area contributed by atoms with Gasteiger partial charge in [0.05, 0.1) is 42.9 Å². The van der Waals surface area contributed by atoms with Gasteiger partial charge in [-0.25, -0.2) is 4.98 Å². The first kappa shape index (κ1) is 22.3. The molecule has 33 heavy (non-hydrogen) atoms. The maximum Gasteiger partial charge on any atom is 0.294 e. The first-order valence-corrected chi connectivity index (χ1v) is 10.2. The van der Waals surface area contributed by atoms with Gasteiger partial charge < -0.3 is 10.6 Å². The number of anilines is 1. The van der Waals surface area contributed by atoms with Crippen LogP contribution in [0, 0.1) is 0 Å². The Morgan fingerprint density at radius 3 is 2.73 bits per heavy atom. The molecule has 0 aliphatic rings. The number of aromatic nitrogens is 5. The number of H-pyrrole nitrogens is 1. The quantitative estimate of drug-likeness (QED) is 0.362. The second-order valence-electron chi connectivity index (χ2n) is 7.15. The van der Waals surface area contributed by atoms with Crippen LogP contribution in [0.1, 0.15) is 11.3 Å². The van der Waals surface area contributed by atoms with Crippen LogP contribution in [0.25, 0.3) is 10.9 Å². The molecule has 1 aromatic carbocycles. The van der Waals surface area contributed by atoms with Crippen LogP contribution in [0.15, 0.2) is 59.8 Å². The van der Waals surface area contributed by atoms with Gasteiger partial charge in [0, 0.05) is 10.9 Å². The number of carbonyl (C=O) groups is 1. The Hall–Kier alpha value is -3.86. The van der Waals surface area contributed by atoms with Crippen molar-refractivity contribution in [2.45, 2.75) is 19.0 Å². The van der Waals surface area contributed by atoms with Crippen molar-refractivity contribution in [2.75, 3.05) is 11.9 Å². The summed E-state index contributed by atoms with van der Waals surface area (Å²) in [5, 5.41) is 12.4. The molecule has 0 aliphatic heterocycles. The van der Waals surface area contributed by atoms with Crippen molar-refractivity contribution in [1.82, 2.24) is 30.0 Å². The van der Waals surface area contributed by atoms with Crippen molar-refractivity contribution >= 4 is 34.2 Å². The molecule has 0 bridgehead atoms. The second kappa shape index (κ2) is 9.33. The number of carbonyl (C=O) groups excluding carboxylic acids is 1. The lowest BCUT2D eigenvalue weighted by Gasteiger charge is -2.18. The van der Waals surface area contributed by atoms with Gasteiger partial charge in [0.2, 0.25) is 5.91 Å². The molecule has 4 aromatic rings. The van der Waals surface area contributed by atoms with E-state index < -0.39 is 30.5 Å². The zero-order valence-corrected chi connectivity index (χ0v) is 17.8. The molecule has 0 saturated carbocycles. The maximum absolute atomic E-state index is 14.4. The summed E-state index contributed by atoms with van der Waals surface area (Å²) in [6, 6.07) is 8.97. The third-order valence-corrected chi connectivity index (χ3v) is 5.13. The molecule has 12 heteroatoms. The summed E-state index contributed by atoms with van der Waals surface area (Å²) in [7, 11) is 0. The first-order chi connectivity index (χ1) is 15.8. The number of hydrogen-bond acceptors (Lipinski definition) is 6. The summed E-state index contributed by atoms with van der Waals surface area (Å²) in [6.07, 6.45) is 4.35. The molecule has 0 fully saturated rings. The van der Waals surface area contributed by atoms with Gasteiger partial charge in [0.1, 0.15) is 11.7 Å². The van der Waals surface area contributed by atoms with E-state index in [-0.39, 0.29) is 23.1 Å². The molecule has 170 valence electrons. The Morgan fingerprint density at radius 2 is 1.94 bits per heavy atom. The lowest BCUT2D eigenvalue weighted by atomic mass is 10.1. The predicted molar refractivity (Wildman–Crippen MR) is 118 cm³/mol. The van der Waals surface area contributed by atoms with Gasteiger partial charge in [-0.2, -0.15) is 13.9 Å². The van der Waals surface area contributed by atoms with Crippen LogP contribution in [0.3, 0.4) is 0 Å². The third-order valence-electron chi connectivity index (χ3n) is 4.83. The molecule has 3 N–H and O–H groups in total. The average molecular weight is 474 g/mol. The minimum absolute atomic E-state index is 0.103. The second-order valence-corrected chi connectivity index (χ2v) is 7.54. The van der Waals surface area contributed by atoms with Crippen LogP contribution in [0.2, 0.25) is 5.15 Å². The first-order valence-electron chi connectivity index (χ1n) is 9.81. The minimum Gasteiger partial charge on any atom is -0.359 e. The van der Waals surface area contributed by atoms with Crippen LogP contribution in [-0.2, 0) is 23.8 Å². The summed E-state index contributed by atoms with van der Waals surface area (Å²) in [6.45, 7) is -1.15. The number of aromatic amines is 1. The number of pyridine rings is 1. The highest BCUT2D eigenvalue weighted by Crippen LogP contribution is 2.27. The lowest BCUT2D eigenvalue weighted by molar-refractivity contribution is -0.121. The average Bonchev–Trinajstić information content (AvgIpc) is 3.28. The Kier molecular flexibility index (Phi) is 6.31. The highest BCUT2D eigenvalue weighted by molar-refractivity contribution is 6.29. The van der Waals surface area contributed by atoms with Crippen LogP contribution in [-0.4, -0.2) is 37.2 Å². The summed E-state index contributed by atoms with van der Waals surface area (Å²) in [5.74, 6) is -4.09. The van der Waals surface area contributed by atoms with Gasteiger partial charge in [-0.3, -0.25) is 24.2 Å². The fourth-order valence-corrected chi connectivity index (χ4v) is 3.27. The van der Waals surface area contributed by atoms with Gasteiger partial charge in [-0.05, 0) is 6.07 Å². The van der Waals surface area contributed by atoms with E-state index in [1.807, 2.05) is 0 Å². The molecule has 0 spiro atoms. The summed E-state index contributed by atoms with van der Waals surface area (Å²) < 4.78 is 29.7. The number of fused-ring (bicyclic) bond motifs is 1. The van der Waals surface area contributed by atoms with E-state index >= 15 is 0 Å². The van der Waals surface area contributed by atoms with Gasteiger partial charge in [-0.1, -0.05) is 41.9 Å². The molecular formula is C21H18ClF2N7O2. The van der Waals surface area contributed by atoms with E-state index in [1.165, 1.54) is 24.3 Å². The number of rotatable bonds is 8. The van der Waals surface area contributed by atoms with Crippen molar-refractivity contribution in [3.8, 4) is 0 Å². The van der Waals surface area contributed by atoms with Crippen LogP contribution in [0.5, 0.6) is 0 Å². The fraction of sp³-hybridized carbons (Fsp3) is 0.190. The molecule has 1 amide bonds. The molecule has 3 heterocycles. The van der Waals surface area contributed by atoms with Crippen molar-refractivity contribution < 1.29 is 13.6 Å². The number of nitrogens with zero attached hydrogens (tertiary/aromatic N) is 4. The van der Waals surface area contributed by atoms with Gasteiger partial charge in [0.15, 0.2) is 5.82 Å². The van der Waals surface area contributed by atoms with E-state index in [2.05, 4.69) is 30.8 Å². The van der Waals surface area contributed by atoms with E-state index in [0.29, 0.717) is 5.69 Å². The van der Waals surface area contributed by atoms with E-state index in [4.69, 9.17) is 11.6 Å². The van der Waals surface area contributed by atoms with Gasteiger partial charge >= 0.3 is 0 Å². The zero-order valence-electron chi connectivity index (χ0n) is 17.1. The van der Waals surface area contributed by atoms with Crippen molar-refractivity contribution in [1.29, 1.82) is 0 Å². The number of hydrogen-bond donors (Lipinski definition) is 3. The third kappa shape index (κ3) is 5.14. The predicted octanol–water partition coefficient (Wildman–Crippen LogP) is 2.69. The molecule has 4 rings (SSSR count). The Bertz CT molecular complexity index is 1340. The molecular weight excluding hydrogens is 456 g/mol. The summed E-state index contributed by atoms with van der Waals surface area (Å²) in [5.41, 5.74) is 0.363. The number of benzene rings is 1. The monoisotopic (exact) mass is 473 g/mol. The number of amides is 1. The van der Waals surface area contributed by atoms with Crippen LogP contribution < -0.4 is 16.2 Å². The summed E-state index contributed by atoms with van der Waals surface area (Å²) >= 11 is 6.02. The molecule has 0 atom stereocenters. The molecule has 0 radical (unpaired) electrons. The Morgan fingerprint density at radius 1 is 1.15 bits per heavy atom. The molecule has 0 saturated heterocycles. The molecule has 0 aliphatic carbocycles. The Balaban J connectivity index is 1.41. The topological polar surface area (TPSA) is 118 Å². The van der Waals surface area contributed by atoms with E-state index in [1.54, 1.807) is 24.5 Å². The van der Waals surface area contributed by atoms with Gasteiger partial charge in [-0.15, -0.1) is 0 Å². The number of alkyl halides is 2. The molecule has 3 aromatic heterocycles. The van der Waals surface area contributed by atoms with Crippen molar-refractivity contribution in [3.05, 3.63) is 81.8 Å². The van der Waals surface area contributed by atoms with Crippen LogP contribution in [0.4, 0.5) is 14.6 Å². The highest BCUT2D eigenvalue weighted by Gasteiger charge is 2.31. The standard InChI is InChI=1S/C21H18ClF2N7O2/c22-17-10-27-19(28-12-21(23,24)14-4-2-1-3-5-14)20(33)31(17)11-18(32)26-8-15-6-13-7-29-30-16(13)9-25-15/h1-7,9-10H,8,11-12H2,(H,26,32)(H,27,28)(H,29,30). The maximum atomic E-state index is 14.4. The van der Waals surface area contributed by atoms with Gasteiger partial charge in [0.25, 0.3) is 11.5 Å². The fourth-order valence-electron chi connectivity index (χ4n) is 3.09. The minimum atomic E-state index is -3.24. The van der Waals surface area contributed by atoms with Crippen molar-refractivity contribution in [3.63, 3.8) is 0 Å². The number of halogens is 3. The van der Waals surface area contributed by atoms with Crippen molar-refractivity contribution in [2.24, 2.45) is 0 Å². The molecule has 0 unspecified atom stereocenters.